The summed E-state index contributed by atoms with van der Waals surface area (Å²) < 4.78 is 7.32. The van der Waals surface area contributed by atoms with Gasteiger partial charge in [-0.2, -0.15) is 5.10 Å². The molecule has 1 aliphatic rings. The second kappa shape index (κ2) is 9.80. The van der Waals surface area contributed by atoms with E-state index in [9.17, 15) is 4.79 Å². The minimum absolute atomic E-state index is 0.0115. The van der Waals surface area contributed by atoms with Crippen LogP contribution in [-0.2, 0) is 11.3 Å². The highest BCUT2D eigenvalue weighted by Crippen LogP contribution is 2.29. The van der Waals surface area contributed by atoms with Crippen LogP contribution in [0.3, 0.4) is 0 Å². The summed E-state index contributed by atoms with van der Waals surface area (Å²) >= 11 is 1.63. The van der Waals surface area contributed by atoms with E-state index in [0.717, 1.165) is 40.9 Å². The molecule has 1 saturated heterocycles. The molecule has 0 spiro atoms. The zero-order chi connectivity index (χ0) is 20.8. The number of thioether (sulfide) groups is 1. The normalized spacial score (nSPS) is 13.7. The summed E-state index contributed by atoms with van der Waals surface area (Å²) in [6, 6.07) is 9.31. The van der Waals surface area contributed by atoms with E-state index < -0.39 is 0 Å². The van der Waals surface area contributed by atoms with Crippen LogP contribution in [0.4, 0.5) is 5.82 Å². The third-order valence-electron chi connectivity index (χ3n) is 4.89. The van der Waals surface area contributed by atoms with Crippen molar-refractivity contribution in [2.24, 2.45) is 0 Å². The molecule has 3 heterocycles. The topological polar surface area (TPSA) is 85.2 Å². The van der Waals surface area contributed by atoms with Crippen molar-refractivity contribution >= 4 is 34.5 Å². The number of benzene rings is 1. The maximum atomic E-state index is 12.1. The number of carbonyl (C=O) groups excluding carboxylic acids is 1. The standard InChI is InChI=1S/C21H26N6O2S/c1-2-30-21-24-19(26-11-6-7-12-26)17-14-23-27(20(17)25-21)13-10-22-18(28)15-29-16-8-4-3-5-9-16/h3-5,8-9,14H,2,6-7,10-13,15H2,1H3,(H,22,28). The van der Waals surface area contributed by atoms with Gasteiger partial charge in [-0.1, -0.05) is 36.9 Å². The Bertz CT molecular complexity index is 988. The Labute approximate surface area is 180 Å². The summed E-state index contributed by atoms with van der Waals surface area (Å²) in [6.07, 6.45) is 4.21. The fraction of sp³-hybridized carbons (Fsp3) is 0.429. The molecule has 158 valence electrons. The van der Waals surface area contributed by atoms with E-state index in [1.807, 2.05) is 41.2 Å². The van der Waals surface area contributed by atoms with E-state index in [-0.39, 0.29) is 12.5 Å². The van der Waals surface area contributed by atoms with Gasteiger partial charge in [-0.3, -0.25) is 4.79 Å². The van der Waals surface area contributed by atoms with Gasteiger partial charge in [0.2, 0.25) is 0 Å². The zero-order valence-corrected chi connectivity index (χ0v) is 17.9. The van der Waals surface area contributed by atoms with E-state index >= 15 is 0 Å². The summed E-state index contributed by atoms with van der Waals surface area (Å²) in [5.74, 6) is 2.40. The lowest BCUT2D eigenvalue weighted by molar-refractivity contribution is -0.123. The minimum atomic E-state index is -0.162. The SMILES string of the molecule is CCSc1nc(N2CCCC2)c2cnn(CCNC(=O)COc3ccccc3)c2n1. The number of nitrogens with zero attached hydrogens (tertiary/aromatic N) is 5. The second-order valence-corrected chi connectivity index (χ2v) is 8.24. The van der Waals surface area contributed by atoms with Crippen molar-refractivity contribution in [2.45, 2.75) is 31.5 Å². The molecule has 1 N–H and O–H groups in total. The molecule has 0 radical (unpaired) electrons. The van der Waals surface area contributed by atoms with E-state index in [1.54, 1.807) is 11.8 Å². The quantitative estimate of drug-likeness (QED) is 0.416. The van der Waals surface area contributed by atoms with Crippen LogP contribution in [0.15, 0.2) is 41.7 Å². The van der Waals surface area contributed by atoms with Crippen molar-refractivity contribution in [1.29, 1.82) is 0 Å². The fourth-order valence-electron chi connectivity index (χ4n) is 3.47. The van der Waals surface area contributed by atoms with E-state index in [0.29, 0.717) is 18.8 Å². The Hall–Kier alpha value is -2.81. The number of rotatable bonds is 9. The zero-order valence-electron chi connectivity index (χ0n) is 17.1. The van der Waals surface area contributed by atoms with Gasteiger partial charge in [-0.15, -0.1) is 0 Å². The largest absolute Gasteiger partial charge is 0.484 e. The first-order chi connectivity index (χ1) is 14.7. The van der Waals surface area contributed by atoms with Crippen molar-refractivity contribution in [2.75, 3.05) is 36.9 Å². The summed E-state index contributed by atoms with van der Waals surface area (Å²) in [5, 5.41) is 9.14. The Kier molecular flexibility index (Phi) is 6.68. The number of anilines is 1. The molecular formula is C21H26N6O2S. The first-order valence-electron chi connectivity index (χ1n) is 10.3. The Morgan fingerprint density at radius 2 is 2.00 bits per heavy atom. The predicted octanol–water partition coefficient (Wildman–Crippen LogP) is 2.73. The van der Waals surface area contributed by atoms with E-state index in [4.69, 9.17) is 14.7 Å². The van der Waals surface area contributed by atoms with Crippen LogP contribution in [0.25, 0.3) is 11.0 Å². The number of hydrogen-bond donors (Lipinski definition) is 1. The summed E-state index contributed by atoms with van der Waals surface area (Å²) in [7, 11) is 0. The van der Waals surface area contributed by atoms with Crippen molar-refractivity contribution in [3.63, 3.8) is 0 Å². The molecular weight excluding hydrogens is 400 g/mol. The molecule has 0 unspecified atom stereocenters. The van der Waals surface area contributed by atoms with Crippen LogP contribution >= 0.6 is 11.8 Å². The Morgan fingerprint density at radius 3 is 2.77 bits per heavy atom. The van der Waals surface area contributed by atoms with Gasteiger partial charge >= 0.3 is 0 Å². The van der Waals surface area contributed by atoms with Gasteiger partial charge in [0.05, 0.1) is 18.1 Å². The van der Waals surface area contributed by atoms with Crippen molar-refractivity contribution in [3.05, 3.63) is 36.5 Å². The van der Waals surface area contributed by atoms with Crippen LogP contribution < -0.4 is 15.0 Å². The number of aromatic nitrogens is 4. The molecule has 0 saturated carbocycles. The molecule has 9 heteroatoms. The van der Waals surface area contributed by atoms with Crippen LogP contribution in [-0.4, -0.2) is 57.6 Å². The van der Waals surface area contributed by atoms with Gasteiger partial charge in [0.15, 0.2) is 17.4 Å². The minimum Gasteiger partial charge on any atom is -0.484 e. The number of amides is 1. The van der Waals surface area contributed by atoms with Crippen LogP contribution in [0, 0.1) is 0 Å². The smallest absolute Gasteiger partial charge is 0.258 e. The van der Waals surface area contributed by atoms with Crippen LogP contribution in [0.5, 0.6) is 5.75 Å². The Balaban J connectivity index is 1.40. The third-order valence-corrected chi connectivity index (χ3v) is 5.62. The highest BCUT2D eigenvalue weighted by atomic mass is 32.2. The molecule has 2 aromatic heterocycles. The maximum Gasteiger partial charge on any atom is 0.258 e. The summed E-state index contributed by atoms with van der Waals surface area (Å²) in [5.41, 5.74) is 0.817. The highest BCUT2D eigenvalue weighted by molar-refractivity contribution is 7.99. The van der Waals surface area contributed by atoms with Crippen molar-refractivity contribution in [3.8, 4) is 5.75 Å². The summed E-state index contributed by atoms with van der Waals surface area (Å²) in [6.45, 7) is 5.11. The molecule has 30 heavy (non-hydrogen) atoms. The van der Waals surface area contributed by atoms with Gasteiger partial charge in [-0.05, 0) is 30.7 Å². The molecule has 3 aromatic rings. The van der Waals surface area contributed by atoms with E-state index in [2.05, 4.69) is 22.2 Å². The van der Waals surface area contributed by atoms with Crippen molar-refractivity contribution in [1.82, 2.24) is 25.1 Å². The molecule has 1 fully saturated rings. The number of hydrogen-bond acceptors (Lipinski definition) is 7. The predicted molar refractivity (Wildman–Crippen MR) is 118 cm³/mol. The number of fused-ring (bicyclic) bond motifs is 1. The molecule has 1 aromatic carbocycles. The van der Waals surface area contributed by atoms with Crippen LogP contribution in [0.2, 0.25) is 0 Å². The van der Waals surface area contributed by atoms with Gasteiger partial charge in [0.25, 0.3) is 5.91 Å². The highest BCUT2D eigenvalue weighted by Gasteiger charge is 2.20. The van der Waals surface area contributed by atoms with Gasteiger partial charge < -0.3 is 15.0 Å². The fourth-order valence-corrected chi connectivity index (χ4v) is 4.03. The first kappa shape index (κ1) is 20.5. The first-order valence-corrected chi connectivity index (χ1v) is 11.3. The lowest BCUT2D eigenvalue weighted by Crippen LogP contribution is -2.31. The number of para-hydroxylation sites is 1. The monoisotopic (exact) mass is 426 g/mol. The molecule has 0 aliphatic carbocycles. The van der Waals surface area contributed by atoms with Gasteiger partial charge in [0, 0.05) is 19.6 Å². The average Bonchev–Trinajstić information content (AvgIpc) is 3.43. The van der Waals surface area contributed by atoms with Crippen molar-refractivity contribution < 1.29 is 9.53 Å². The Morgan fingerprint density at radius 1 is 1.20 bits per heavy atom. The number of ether oxygens (including phenoxy) is 1. The van der Waals surface area contributed by atoms with Gasteiger partial charge in [-0.25, -0.2) is 14.6 Å². The summed E-state index contributed by atoms with van der Waals surface area (Å²) in [4.78, 5) is 23.9. The molecule has 0 atom stereocenters. The number of nitrogens with one attached hydrogen (secondary N) is 1. The molecule has 4 rings (SSSR count). The number of carbonyl (C=O) groups is 1. The van der Waals surface area contributed by atoms with E-state index in [1.165, 1.54) is 12.8 Å². The lowest BCUT2D eigenvalue weighted by Gasteiger charge is -2.17. The van der Waals surface area contributed by atoms with Gasteiger partial charge in [0.1, 0.15) is 11.6 Å². The molecule has 8 nitrogen and oxygen atoms in total. The maximum absolute atomic E-state index is 12.1. The third kappa shape index (κ3) is 4.84. The molecule has 0 bridgehead atoms. The second-order valence-electron chi connectivity index (χ2n) is 7.01. The average molecular weight is 427 g/mol. The lowest BCUT2D eigenvalue weighted by atomic mass is 10.3. The van der Waals surface area contributed by atoms with Crippen LogP contribution in [0.1, 0.15) is 19.8 Å². The molecule has 1 aliphatic heterocycles. The molecule has 1 amide bonds.